The summed E-state index contributed by atoms with van der Waals surface area (Å²) in [6, 6.07) is 19.1. The van der Waals surface area contributed by atoms with Crippen LogP contribution in [0.5, 0.6) is 0 Å². The minimum atomic E-state index is -4.61. The normalized spacial score (nSPS) is 18.6. The fourth-order valence-corrected chi connectivity index (χ4v) is 12.8. The van der Waals surface area contributed by atoms with Gasteiger partial charge in [-0.3, -0.25) is 0 Å². The molecule has 41 heavy (non-hydrogen) atoms. The second-order valence-electron chi connectivity index (χ2n) is 12.0. The molecule has 216 valence electrons. The van der Waals surface area contributed by atoms with Crippen molar-refractivity contribution in [1.29, 1.82) is 0 Å². The van der Waals surface area contributed by atoms with Crippen LogP contribution in [0, 0.1) is 21.1 Å². The Bertz CT molecular complexity index is 1480. The monoisotopic (exact) mass is 754 g/mol. The van der Waals surface area contributed by atoms with Crippen molar-refractivity contribution in [2.24, 2.45) is 10.8 Å². The number of allylic oxidation sites excluding steroid dienone is 11. The van der Waals surface area contributed by atoms with Gasteiger partial charge in [-0.1, -0.05) is 0 Å². The Labute approximate surface area is 261 Å². The molecule has 0 bridgehead atoms. The van der Waals surface area contributed by atoms with Crippen LogP contribution in [0.4, 0.5) is 0 Å². The van der Waals surface area contributed by atoms with Crippen LogP contribution in [0.3, 0.4) is 0 Å². The Morgan fingerprint density at radius 1 is 0.756 bits per heavy atom. The van der Waals surface area contributed by atoms with Crippen LogP contribution in [0.2, 0.25) is 0 Å². The first-order valence-corrected chi connectivity index (χ1v) is 19.4. The molecule has 0 fully saturated rings. The molecule has 2 heterocycles. The number of halogens is 1. The van der Waals surface area contributed by atoms with E-state index in [2.05, 4.69) is 72.8 Å². The van der Waals surface area contributed by atoms with E-state index in [0.29, 0.717) is 0 Å². The molecule has 0 aromatic heterocycles. The standard InChI is InChI=1S/C34H37ClO4SeTe/c1-24(28-22-31(33(2,3)4)41-32(23-28)34(5,6)7)18-19-25-20-29(26-14-10-8-11-15-26)40(39-35(36,37)38)30(21-25)27-16-12-9-13-17-27/h8-23H,1-7H3/b19-18+. The van der Waals surface area contributed by atoms with E-state index in [0.717, 1.165) is 31.2 Å². The second kappa shape index (κ2) is 12.8. The summed E-state index contributed by atoms with van der Waals surface area (Å²) in [5.41, 5.74) is 5.23. The van der Waals surface area contributed by atoms with Crippen molar-refractivity contribution in [3.05, 3.63) is 132 Å². The van der Waals surface area contributed by atoms with Gasteiger partial charge in [0.05, 0.1) is 0 Å². The van der Waals surface area contributed by atoms with Gasteiger partial charge in [0, 0.05) is 0 Å². The molecule has 1 unspecified atom stereocenters. The molecule has 2 aliphatic heterocycles. The van der Waals surface area contributed by atoms with Crippen molar-refractivity contribution in [3.8, 4) is 0 Å². The second-order valence-corrected chi connectivity index (χ2v) is 19.8. The Hall–Kier alpha value is -1.81. The molecule has 7 heteroatoms. The van der Waals surface area contributed by atoms with Crippen LogP contribution < -0.4 is 14.0 Å². The van der Waals surface area contributed by atoms with Crippen LogP contribution in [0.25, 0.3) is 4.47 Å². The Balaban J connectivity index is 1.86. The Morgan fingerprint density at radius 3 is 1.76 bits per heavy atom. The summed E-state index contributed by atoms with van der Waals surface area (Å²) in [5, 5.41) is 0. The van der Waals surface area contributed by atoms with Crippen LogP contribution in [0.1, 0.15) is 59.6 Å². The number of rotatable bonds is 6. The quantitative estimate of drug-likeness (QED) is 0.401. The van der Waals surface area contributed by atoms with Gasteiger partial charge in [0.2, 0.25) is 0 Å². The van der Waals surface area contributed by atoms with Crippen molar-refractivity contribution in [3.63, 3.8) is 0 Å². The maximum absolute atomic E-state index is 11.9. The molecule has 0 amide bonds. The van der Waals surface area contributed by atoms with Gasteiger partial charge in [-0.05, 0) is 0 Å². The van der Waals surface area contributed by atoms with Gasteiger partial charge in [0.1, 0.15) is 0 Å². The van der Waals surface area contributed by atoms with Crippen molar-refractivity contribution in [2.75, 3.05) is 0 Å². The van der Waals surface area contributed by atoms with E-state index in [9.17, 15) is 14.0 Å². The van der Waals surface area contributed by atoms with E-state index in [4.69, 9.17) is 3.37 Å². The molecular weight excluding hydrogens is 714 g/mol. The van der Waals surface area contributed by atoms with Gasteiger partial charge in [-0.2, -0.15) is 0 Å². The van der Waals surface area contributed by atoms with Gasteiger partial charge >= 0.3 is 263 Å². The molecule has 0 N–H and O–H groups in total. The van der Waals surface area contributed by atoms with Crippen molar-refractivity contribution in [1.82, 2.24) is 0 Å². The van der Waals surface area contributed by atoms with Gasteiger partial charge in [-0.15, -0.1) is 0 Å². The van der Waals surface area contributed by atoms with Gasteiger partial charge in [-0.25, -0.2) is 0 Å². The first-order valence-electron chi connectivity index (χ1n) is 13.4. The van der Waals surface area contributed by atoms with Crippen LogP contribution in [-0.4, -0.2) is 39.1 Å². The summed E-state index contributed by atoms with van der Waals surface area (Å²) in [6.45, 7) is 15.9. The van der Waals surface area contributed by atoms with E-state index >= 15 is 0 Å². The molecule has 0 radical (unpaired) electrons. The van der Waals surface area contributed by atoms with Gasteiger partial charge in [0.25, 0.3) is 0 Å². The molecule has 2 aromatic rings. The zero-order valence-electron chi connectivity index (χ0n) is 24.6. The van der Waals surface area contributed by atoms with Crippen LogP contribution >= 0.6 is 0 Å². The zero-order valence-corrected chi connectivity index (χ0v) is 29.4. The molecule has 0 spiro atoms. The summed E-state index contributed by atoms with van der Waals surface area (Å²) in [7, 11) is -4.61. The molecule has 0 saturated heterocycles. The first kappa shape index (κ1) is 32.1. The van der Waals surface area contributed by atoms with E-state index < -0.39 is 45.0 Å². The molecule has 4 rings (SSSR count). The molecule has 0 saturated carbocycles. The molecule has 0 aliphatic carbocycles. The summed E-state index contributed by atoms with van der Waals surface area (Å²) in [5.74, 6) is 0. The molecule has 4 nitrogen and oxygen atoms in total. The molecular formula is C34H37ClO4SeTe. The van der Waals surface area contributed by atoms with Crippen LogP contribution in [0.15, 0.2) is 121 Å². The summed E-state index contributed by atoms with van der Waals surface area (Å²) in [4.78, 5) is 0. The van der Waals surface area contributed by atoms with Crippen molar-refractivity contribution < 1.29 is 27.6 Å². The average Bonchev–Trinajstić information content (AvgIpc) is 2.91. The SMILES string of the molecule is CC(/C=C/C1=CC(c2ccccc2)=[Se](O[Cl+3]([O-])([O-])[O-])C(c2ccccc2)=C1)=C1C=C(C(C)(C)C)[Te]C(C(C)(C)C)=C1. The third-order valence-corrected chi connectivity index (χ3v) is 17.1. The third kappa shape index (κ3) is 8.62. The van der Waals surface area contributed by atoms with E-state index in [1.165, 1.54) is 5.57 Å². The van der Waals surface area contributed by atoms with Crippen molar-refractivity contribution >= 4 is 43.6 Å². The molecule has 2 aliphatic rings. The predicted octanol–water partition coefficient (Wildman–Crippen LogP) is 4.71. The number of hydrogen-bond acceptors (Lipinski definition) is 4. The summed E-state index contributed by atoms with van der Waals surface area (Å²) < 4.78 is 45.4. The maximum atomic E-state index is 11.9. The molecule has 1 atom stereocenters. The average molecular weight is 752 g/mol. The predicted molar refractivity (Wildman–Crippen MR) is 163 cm³/mol. The van der Waals surface area contributed by atoms with Gasteiger partial charge in [0.15, 0.2) is 0 Å². The van der Waals surface area contributed by atoms with E-state index in [-0.39, 0.29) is 10.8 Å². The van der Waals surface area contributed by atoms with Gasteiger partial charge < -0.3 is 0 Å². The summed E-state index contributed by atoms with van der Waals surface area (Å²) in [6.07, 6.45) is 12.9. The fraction of sp³-hybridized carbons (Fsp3) is 0.265. The minimum absolute atomic E-state index is 0.126. The first-order chi connectivity index (χ1) is 19.1. The Morgan fingerprint density at radius 2 is 1.27 bits per heavy atom. The number of benzene rings is 2. The Kier molecular flexibility index (Phi) is 10.0. The van der Waals surface area contributed by atoms with Crippen molar-refractivity contribution in [2.45, 2.75) is 48.5 Å². The fourth-order valence-electron chi connectivity index (χ4n) is 4.18. The number of hydrogen-bond donors (Lipinski definition) is 0. The zero-order chi connectivity index (χ0) is 30.0. The summed E-state index contributed by atoms with van der Waals surface area (Å²) >= 11 is -3.11. The third-order valence-electron chi connectivity index (χ3n) is 6.50. The van der Waals surface area contributed by atoms with Crippen LogP contribution in [-0.2, 0) is 3.37 Å². The van der Waals surface area contributed by atoms with E-state index in [1.54, 1.807) is 7.24 Å². The topological polar surface area (TPSA) is 78.4 Å². The van der Waals surface area contributed by atoms with E-state index in [1.807, 2.05) is 72.8 Å². The molecule has 2 aromatic carbocycles.